The third-order valence-corrected chi connectivity index (χ3v) is 3.10. The molecule has 2 heterocycles. The zero-order valence-corrected chi connectivity index (χ0v) is 8.84. The highest BCUT2D eigenvalue weighted by molar-refractivity contribution is 7.13. The molecule has 0 aliphatic carbocycles. The average molecular weight is 207 g/mol. The topological polar surface area (TPSA) is 54.7 Å². The van der Waals surface area contributed by atoms with E-state index in [2.05, 4.69) is 22.3 Å². The zero-order valence-electron chi connectivity index (χ0n) is 8.03. The molecule has 3 N–H and O–H groups in total. The minimum absolute atomic E-state index is 0.343. The van der Waals surface area contributed by atoms with Gasteiger partial charge in [-0.3, -0.25) is 0 Å². The molecule has 4 heteroatoms. The first kappa shape index (κ1) is 9.43. The van der Waals surface area contributed by atoms with E-state index in [1.807, 2.05) is 18.3 Å². The SMILES string of the molecule is CC(CN)c1csc(-c2ccc[nH]2)n1. The van der Waals surface area contributed by atoms with Gasteiger partial charge in [0.2, 0.25) is 0 Å². The molecule has 1 atom stereocenters. The second-order valence-electron chi connectivity index (χ2n) is 3.30. The number of thiazole rings is 1. The van der Waals surface area contributed by atoms with Crippen molar-refractivity contribution >= 4 is 11.3 Å². The maximum atomic E-state index is 5.59. The Kier molecular flexibility index (Phi) is 2.65. The molecule has 74 valence electrons. The van der Waals surface area contributed by atoms with Crippen molar-refractivity contribution in [2.24, 2.45) is 5.73 Å². The van der Waals surface area contributed by atoms with Crippen LogP contribution in [0.5, 0.6) is 0 Å². The fourth-order valence-electron chi connectivity index (χ4n) is 1.22. The highest BCUT2D eigenvalue weighted by atomic mass is 32.1. The second-order valence-corrected chi connectivity index (χ2v) is 4.16. The Morgan fingerprint density at radius 1 is 1.64 bits per heavy atom. The monoisotopic (exact) mass is 207 g/mol. The average Bonchev–Trinajstić information content (AvgIpc) is 2.86. The van der Waals surface area contributed by atoms with Crippen molar-refractivity contribution in [3.05, 3.63) is 29.4 Å². The van der Waals surface area contributed by atoms with Crippen LogP contribution in [0.4, 0.5) is 0 Å². The van der Waals surface area contributed by atoms with E-state index in [0.29, 0.717) is 12.5 Å². The quantitative estimate of drug-likeness (QED) is 0.810. The van der Waals surface area contributed by atoms with E-state index in [0.717, 1.165) is 16.4 Å². The third-order valence-electron chi connectivity index (χ3n) is 2.21. The van der Waals surface area contributed by atoms with Gasteiger partial charge >= 0.3 is 0 Å². The molecule has 1 unspecified atom stereocenters. The lowest BCUT2D eigenvalue weighted by Gasteiger charge is -2.02. The molecule has 14 heavy (non-hydrogen) atoms. The normalized spacial score (nSPS) is 13.0. The van der Waals surface area contributed by atoms with Crippen LogP contribution in [0, 0.1) is 0 Å². The van der Waals surface area contributed by atoms with Gasteiger partial charge < -0.3 is 10.7 Å². The number of hydrogen-bond donors (Lipinski definition) is 2. The second kappa shape index (κ2) is 3.94. The highest BCUT2D eigenvalue weighted by Gasteiger charge is 2.09. The minimum atomic E-state index is 0.343. The number of H-pyrrole nitrogens is 1. The summed E-state index contributed by atoms with van der Waals surface area (Å²) in [6, 6.07) is 4.00. The molecule has 2 aromatic heterocycles. The smallest absolute Gasteiger partial charge is 0.139 e. The van der Waals surface area contributed by atoms with Crippen molar-refractivity contribution in [1.82, 2.24) is 9.97 Å². The van der Waals surface area contributed by atoms with Gasteiger partial charge in [0, 0.05) is 24.0 Å². The van der Waals surface area contributed by atoms with E-state index >= 15 is 0 Å². The van der Waals surface area contributed by atoms with Crippen molar-refractivity contribution in [2.75, 3.05) is 6.54 Å². The van der Waals surface area contributed by atoms with Crippen LogP contribution in [0.15, 0.2) is 23.7 Å². The molecule has 0 bridgehead atoms. The molecule has 2 aromatic rings. The van der Waals surface area contributed by atoms with Crippen molar-refractivity contribution in [3.8, 4) is 10.7 Å². The van der Waals surface area contributed by atoms with Gasteiger partial charge in [-0.15, -0.1) is 11.3 Å². The molecular formula is C10H13N3S. The minimum Gasteiger partial charge on any atom is -0.359 e. The lowest BCUT2D eigenvalue weighted by atomic mass is 10.1. The summed E-state index contributed by atoms with van der Waals surface area (Å²) in [4.78, 5) is 7.67. The molecule has 0 radical (unpaired) electrons. The summed E-state index contributed by atoms with van der Waals surface area (Å²) in [5.41, 5.74) is 7.75. The van der Waals surface area contributed by atoms with Gasteiger partial charge in [-0.05, 0) is 12.1 Å². The van der Waals surface area contributed by atoms with Crippen LogP contribution in [0.2, 0.25) is 0 Å². The van der Waals surface area contributed by atoms with Gasteiger partial charge in [0.1, 0.15) is 5.01 Å². The maximum absolute atomic E-state index is 5.59. The lowest BCUT2D eigenvalue weighted by molar-refractivity contribution is 0.752. The van der Waals surface area contributed by atoms with Crippen molar-refractivity contribution in [1.29, 1.82) is 0 Å². The van der Waals surface area contributed by atoms with Crippen molar-refractivity contribution in [3.63, 3.8) is 0 Å². The standard InChI is InChI=1S/C10H13N3S/c1-7(5-11)9-6-14-10(13-9)8-3-2-4-12-8/h2-4,6-7,12H,5,11H2,1H3. The van der Waals surface area contributed by atoms with Crippen LogP contribution in [-0.4, -0.2) is 16.5 Å². The molecule has 0 fully saturated rings. The van der Waals surface area contributed by atoms with Crippen LogP contribution < -0.4 is 5.73 Å². The molecule has 2 rings (SSSR count). The molecule has 0 aliphatic rings. The van der Waals surface area contributed by atoms with Crippen LogP contribution in [0.1, 0.15) is 18.5 Å². The number of rotatable bonds is 3. The van der Waals surface area contributed by atoms with Gasteiger partial charge in [0.25, 0.3) is 0 Å². The van der Waals surface area contributed by atoms with Gasteiger partial charge in [0.15, 0.2) is 0 Å². The van der Waals surface area contributed by atoms with Gasteiger partial charge in [-0.1, -0.05) is 6.92 Å². The molecule has 0 saturated heterocycles. The molecule has 0 saturated carbocycles. The summed E-state index contributed by atoms with van der Waals surface area (Å²) < 4.78 is 0. The predicted molar refractivity (Wildman–Crippen MR) is 59.4 cm³/mol. The molecule has 0 aliphatic heterocycles. The number of hydrogen-bond acceptors (Lipinski definition) is 3. The first-order valence-electron chi connectivity index (χ1n) is 4.60. The Morgan fingerprint density at radius 2 is 2.50 bits per heavy atom. The number of nitrogens with two attached hydrogens (primary N) is 1. The van der Waals surface area contributed by atoms with E-state index in [9.17, 15) is 0 Å². The summed E-state index contributed by atoms with van der Waals surface area (Å²) in [7, 11) is 0. The third kappa shape index (κ3) is 1.71. The summed E-state index contributed by atoms with van der Waals surface area (Å²) >= 11 is 1.65. The van der Waals surface area contributed by atoms with E-state index in [4.69, 9.17) is 5.73 Å². The number of aromatic nitrogens is 2. The molecule has 3 nitrogen and oxygen atoms in total. The van der Waals surface area contributed by atoms with Gasteiger partial charge in [0.05, 0.1) is 11.4 Å². The zero-order chi connectivity index (χ0) is 9.97. The maximum Gasteiger partial charge on any atom is 0.139 e. The number of nitrogens with zero attached hydrogens (tertiary/aromatic N) is 1. The van der Waals surface area contributed by atoms with E-state index in [1.54, 1.807) is 11.3 Å². The fraction of sp³-hybridized carbons (Fsp3) is 0.300. The number of nitrogens with one attached hydrogen (secondary N) is 1. The lowest BCUT2D eigenvalue weighted by Crippen LogP contribution is -2.08. The first-order chi connectivity index (χ1) is 6.81. The Morgan fingerprint density at radius 3 is 3.14 bits per heavy atom. The molecule has 0 aromatic carbocycles. The van der Waals surface area contributed by atoms with Gasteiger partial charge in [-0.25, -0.2) is 4.98 Å². The Labute approximate surface area is 87.0 Å². The highest BCUT2D eigenvalue weighted by Crippen LogP contribution is 2.25. The summed E-state index contributed by atoms with van der Waals surface area (Å²) in [5.74, 6) is 0.343. The first-order valence-corrected chi connectivity index (χ1v) is 5.48. The Hall–Kier alpha value is -1.13. The van der Waals surface area contributed by atoms with E-state index < -0.39 is 0 Å². The fourth-order valence-corrected chi connectivity index (χ4v) is 2.15. The summed E-state index contributed by atoms with van der Waals surface area (Å²) in [6.45, 7) is 2.74. The van der Waals surface area contributed by atoms with Crippen molar-refractivity contribution in [2.45, 2.75) is 12.8 Å². The van der Waals surface area contributed by atoms with E-state index in [-0.39, 0.29) is 0 Å². The van der Waals surface area contributed by atoms with Gasteiger partial charge in [-0.2, -0.15) is 0 Å². The predicted octanol–water partition coefficient (Wildman–Crippen LogP) is 2.20. The largest absolute Gasteiger partial charge is 0.359 e. The molecule has 0 amide bonds. The summed E-state index contributed by atoms with van der Waals surface area (Å²) in [5, 5.41) is 3.11. The van der Waals surface area contributed by atoms with Crippen LogP contribution in [0.25, 0.3) is 10.7 Å². The summed E-state index contributed by atoms with van der Waals surface area (Å²) in [6.07, 6.45) is 1.91. The van der Waals surface area contributed by atoms with Crippen LogP contribution in [0.3, 0.4) is 0 Å². The van der Waals surface area contributed by atoms with Crippen LogP contribution >= 0.6 is 11.3 Å². The number of aromatic amines is 1. The van der Waals surface area contributed by atoms with E-state index in [1.165, 1.54) is 0 Å². The van der Waals surface area contributed by atoms with Crippen molar-refractivity contribution < 1.29 is 0 Å². The van der Waals surface area contributed by atoms with Crippen LogP contribution in [-0.2, 0) is 0 Å². The molecule has 0 spiro atoms. The molecular weight excluding hydrogens is 194 g/mol. The Balaban J connectivity index is 2.26. The Bertz CT molecular complexity index is 391.